The lowest BCUT2D eigenvalue weighted by Crippen LogP contribution is -2.37. The number of rotatable bonds is 4. The van der Waals surface area contributed by atoms with Crippen LogP contribution in [-0.2, 0) is 17.7 Å². The number of thiazole rings is 1. The van der Waals surface area contributed by atoms with E-state index in [4.69, 9.17) is 4.74 Å². The minimum atomic E-state index is -0.297. The number of nitrogens with zero attached hydrogens (tertiary/aromatic N) is 4. The Balaban J connectivity index is 1.81. The molecule has 0 spiro atoms. The SMILES string of the molecule is CCOC(=O)N1CCc2ncnc(Nc3nc(C(C)C)cs3)c2C1. The van der Waals surface area contributed by atoms with E-state index in [-0.39, 0.29) is 6.09 Å². The quantitative estimate of drug-likeness (QED) is 0.914. The fraction of sp³-hybridized carbons (Fsp3) is 0.500. The Hall–Kier alpha value is -2.22. The van der Waals surface area contributed by atoms with Crippen molar-refractivity contribution in [3.05, 3.63) is 28.7 Å². The number of aromatic nitrogens is 3. The zero-order valence-corrected chi connectivity index (χ0v) is 14.9. The molecule has 24 heavy (non-hydrogen) atoms. The third-order valence-electron chi connectivity index (χ3n) is 3.87. The summed E-state index contributed by atoms with van der Waals surface area (Å²) in [6.45, 7) is 7.46. The molecule has 3 heterocycles. The molecule has 8 heteroatoms. The zero-order valence-electron chi connectivity index (χ0n) is 14.1. The lowest BCUT2D eigenvalue weighted by molar-refractivity contribution is 0.102. The van der Waals surface area contributed by atoms with E-state index in [9.17, 15) is 4.79 Å². The maximum atomic E-state index is 12.0. The van der Waals surface area contributed by atoms with Crippen LogP contribution in [0.2, 0.25) is 0 Å². The van der Waals surface area contributed by atoms with Gasteiger partial charge in [0.2, 0.25) is 0 Å². The minimum Gasteiger partial charge on any atom is -0.450 e. The standard InChI is InChI=1S/C16H21N5O2S/c1-4-23-16(22)21-6-5-12-11(7-21)14(18-9-17-12)20-15-19-13(8-24-15)10(2)3/h8-10H,4-7H2,1-3H3,(H,17,18,19,20). The summed E-state index contributed by atoms with van der Waals surface area (Å²) in [5, 5.41) is 6.12. The topological polar surface area (TPSA) is 80.2 Å². The first-order valence-electron chi connectivity index (χ1n) is 8.05. The molecule has 1 amide bonds. The monoisotopic (exact) mass is 347 g/mol. The molecule has 2 aromatic rings. The molecule has 0 fully saturated rings. The third kappa shape index (κ3) is 3.48. The van der Waals surface area contributed by atoms with Crippen LogP contribution in [0.15, 0.2) is 11.7 Å². The number of hydrogen-bond acceptors (Lipinski definition) is 7. The van der Waals surface area contributed by atoms with Gasteiger partial charge in [0.15, 0.2) is 5.13 Å². The number of amides is 1. The molecule has 7 nitrogen and oxygen atoms in total. The van der Waals surface area contributed by atoms with Crippen LogP contribution >= 0.6 is 11.3 Å². The van der Waals surface area contributed by atoms with Gasteiger partial charge in [-0.2, -0.15) is 0 Å². The van der Waals surface area contributed by atoms with Crippen LogP contribution in [0.25, 0.3) is 0 Å². The van der Waals surface area contributed by atoms with Gasteiger partial charge in [-0.05, 0) is 12.8 Å². The minimum absolute atomic E-state index is 0.297. The van der Waals surface area contributed by atoms with E-state index in [1.165, 1.54) is 0 Å². The maximum Gasteiger partial charge on any atom is 0.410 e. The normalized spacial score (nSPS) is 13.8. The highest BCUT2D eigenvalue weighted by Gasteiger charge is 2.25. The van der Waals surface area contributed by atoms with Crippen molar-refractivity contribution in [3.63, 3.8) is 0 Å². The fourth-order valence-corrected chi connectivity index (χ4v) is 3.40. The van der Waals surface area contributed by atoms with E-state index in [0.29, 0.717) is 37.9 Å². The van der Waals surface area contributed by atoms with E-state index in [1.807, 2.05) is 5.38 Å². The van der Waals surface area contributed by atoms with Crippen molar-refractivity contribution in [1.29, 1.82) is 0 Å². The second-order valence-electron chi connectivity index (χ2n) is 5.88. The average Bonchev–Trinajstić information content (AvgIpc) is 3.04. The number of hydrogen-bond donors (Lipinski definition) is 1. The van der Waals surface area contributed by atoms with Crippen molar-refractivity contribution in [1.82, 2.24) is 19.9 Å². The summed E-state index contributed by atoms with van der Waals surface area (Å²) in [6.07, 6.45) is 1.95. The van der Waals surface area contributed by atoms with Gasteiger partial charge >= 0.3 is 6.09 Å². The molecule has 0 atom stereocenters. The number of ether oxygens (including phenoxy) is 1. The Morgan fingerprint density at radius 3 is 3.00 bits per heavy atom. The summed E-state index contributed by atoms with van der Waals surface area (Å²) in [7, 11) is 0. The van der Waals surface area contributed by atoms with Crippen LogP contribution in [0, 0.1) is 0 Å². The van der Waals surface area contributed by atoms with E-state index in [0.717, 1.165) is 22.1 Å². The highest BCUT2D eigenvalue weighted by molar-refractivity contribution is 7.13. The largest absolute Gasteiger partial charge is 0.450 e. The van der Waals surface area contributed by atoms with Gasteiger partial charge in [-0.1, -0.05) is 13.8 Å². The summed E-state index contributed by atoms with van der Waals surface area (Å²) in [6, 6.07) is 0. The van der Waals surface area contributed by atoms with Gasteiger partial charge in [0, 0.05) is 23.9 Å². The molecule has 0 saturated carbocycles. The Bertz CT molecular complexity index is 731. The van der Waals surface area contributed by atoms with Crippen molar-refractivity contribution in [2.75, 3.05) is 18.5 Å². The number of carbonyl (C=O) groups is 1. The van der Waals surface area contributed by atoms with Crippen LogP contribution < -0.4 is 5.32 Å². The maximum absolute atomic E-state index is 12.0. The van der Waals surface area contributed by atoms with Gasteiger partial charge in [-0.15, -0.1) is 11.3 Å². The second kappa shape index (κ2) is 7.12. The van der Waals surface area contributed by atoms with Gasteiger partial charge in [-0.3, -0.25) is 0 Å². The molecule has 0 aliphatic carbocycles. The van der Waals surface area contributed by atoms with Gasteiger partial charge in [0.05, 0.1) is 24.5 Å². The van der Waals surface area contributed by atoms with Crippen molar-refractivity contribution < 1.29 is 9.53 Å². The smallest absolute Gasteiger partial charge is 0.410 e. The van der Waals surface area contributed by atoms with Crippen LogP contribution in [0.5, 0.6) is 0 Å². The van der Waals surface area contributed by atoms with E-state index in [2.05, 4.69) is 34.1 Å². The predicted octanol–water partition coefficient (Wildman–Crippen LogP) is 3.31. The van der Waals surface area contributed by atoms with Crippen LogP contribution in [0.3, 0.4) is 0 Å². The van der Waals surface area contributed by atoms with Crippen molar-refractivity contribution in [3.8, 4) is 0 Å². The Labute approximate surface area is 145 Å². The molecule has 3 rings (SSSR count). The molecule has 0 unspecified atom stereocenters. The molecular formula is C16H21N5O2S. The third-order valence-corrected chi connectivity index (χ3v) is 4.64. The number of anilines is 2. The summed E-state index contributed by atoms with van der Waals surface area (Å²) >= 11 is 1.55. The van der Waals surface area contributed by atoms with Gasteiger partial charge in [0.1, 0.15) is 12.1 Å². The van der Waals surface area contributed by atoms with Gasteiger partial charge in [0.25, 0.3) is 0 Å². The molecular weight excluding hydrogens is 326 g/mol. The lowest BCUT2D eigenvalue weighted by atomic mass is 10.1. The first-order chi connectivity index (χ1) is 11.6. The molecule has 128 valence electrons. The fourth-order valence-electron chi connectivity index (χ4n) is 2.53. The van der Waals surface area contributed by atoms with Crippen LogP contribution in [0.1, 0.15) is 43.6 Å². The van der Waals surface area contributed by atoms with Crippen molar-refractivity contribution in [2.45, 2.75) is 39.7 Å². The Morgan fingerprint density at radius 1 is 1.46 bits per heavy atom. The Morgan fingerprint density at radius 2 is 2.29 bits per heavy atom. The second-order valence-corrected chi connectivity index (χ2v) is 6.73. The summed E-state index contributed by atoms with van der Waals surface area (Å²) in [5.41, 5.74) is 2.95. The molecule has 0 bridgehead atoms. The predicted molar refractivity (Wildman–Crippen MR) is 92.7 cm³/mol. The molecule has 0 saturated heterocycles. The lowest BCUT2D eigenvalue weighted by Gasteiger charge is -2.28. The summed E-state index contributed by atoms with van der Waals surface area (Å²) in [4.78, 5) is 26.9. The highest BCUT2D eigenvalue weighted by Crippen LogP contribution is 2.28. The molecule has 1 aliphatic heterocycles. The average molecular weight is 347 g/mol. The number of fused-ring (bicyclic) bond motifs is 1. The molecule has 1 N–H and O–H groups in total. The van der Waals surface area contributed by atoms with Crippen molar-refractivity contribution >= 4 is 28.4 Å². The summed E-state index contributed by atoms with van der Waals surface area (Å²) < 4.78 is 5.10. The molecule has 0 aromatic carbocycles. The first kappa shape index (κ1) is 16.6. The first-order valence-corrected chi connectivity index (χ1v) is 8.93. The molecule has 0 radical (unpaired) electrons. The van der Waals surface area contributed by atoms with E-state index in [1.54, 1.807) is 29.5 Å². The van der Waals surface area contributed by atoms with E-state index < -0.39 is 0 Å². The summed E-state index contributed by atoms with van der Waals surface area (Å²) in [5.74, 6) is 1.09. The molecule has 2 aromatic heterocycles. The molecule has 1 aliphatic rings. The number of carbonyl (C=O) groups excluding carboxylic acids is 1. The van der Waals surface area contributed by atoms with E-state index >= 15 is 0 Å². The highest BCUT2D eigenvalue weighted by atomic mass is 32.1. The zero-order chi connectivity index (χ0) is 17.1. The Kier molecular flexibility index (Phi) is 4.94. The van der Waals surface area contributed by atoms with Crippen molar-refractivity contribution in [2.24, 2.45) is 0 Å². The van der Waals surface area contributed by atoms with Crippen LogP contribution in [0.4, 0.5) is 15.7 Å². The number of nitrogens with one attached hydrogen (secondary N) is 1. The van der Waals surface area contributed by atoms with Gasteiger partial charge in [-0.25, -0.2) is 19.7 Å². The van der Waals surface area contributed by atoms with Crippen LogP contribution in [-0.4, -0.2) is 39.1 Å². The van der Waals surface area contributed by atoms with Gasteiger partial charge < -0.3 is 15.0 Å².